The topological polar surface area (TPSA) is 77.3 Å². The number of hydrogen-bond donors (Lipinski definition) is 1. The van der Waals surface area contributed by atoms with E-state index in [0.29, 0.717) is 25.3 Å². The highest BCUT2D eigenvalue weighted by Gasteiger charge is 2.16. The van der Waals surface area contributed by atoms with Crippen LogP contribution in [0, 0.1) is 6.92 Å². The molecule has 0 unspecified atom stereocenters. The van der Waals surface area contributed by atoms with Crippen molar-refractivity contribution in [3.05, 3.63) is 41.9 Å². The largest absolute Gasteiger partial charge is 0.464 e. The molecule has 2 heterocycles. The van der Waals surface area contributed by atoms with Crippen LogP contribution in [0.2, 0.25) is 0 Å². The molecule has 0 atom stereocenters. The molecule has 0 aromatic carbocycles. The van der Waals surface area contributed by atoms with E-state index >= 15 is 0 Å². The molecule has 102 valence electrons. The number of carbonyl (C=O) groups is 1. The van der Waals surface area contributed by atoms with Gasteiger partial charge in [0.05, 0.1) is 12.9 Å². The lowest BCUT2D eigenvalue weighted by Gasteiger charge is -2.13. The van der Waals surface area contributed by atoms with Crippen molar-refractivity contribution >= 4 is 5.91 Å². The van der Waals surface area contributed by atoms with E-state index < -0.39 is 0 Å². The van der Waals surface area contributed by atoms with Crippen molar-refractivity contribution in [3.8, 4) is 0 Å². The molecular weight excluding hydrogens is 244 g/mol. The van der Waals surface area contributed by atoms with Crippen molar-refractivity contribution in [2.75, 3.05) is 13.6 Å². The summed E-state index contributed by atoms with van der Waals surface area (Å²) < 4.78 is 7.25. The Morgan fingerprint density at radius 3 is 2.95 bits per heavy atom. The fourth-order valence-corrected chi connectivity index (χ4v) is 1.81. The number of furan rings is 1. The number of amides is 1. The maximum atomic E-state index is 12.2. The summed E-state index contributed by atoms with van der Waals surface area (Å²) in [5.41, 5.74) is 5.87. The Morgan fingerprint density at radius 2 is 2.32 bits per heavy atom. The molecular formula is C13H18N4O2. The van der Waals surface area contributed by atoms with E-state index in [2.05, 4.69) is 4.98 Å². The zero-order chi connectivity index (χ0) is 13.8. The second-order valence-electron chi connectivity index (χ2n) is 4.46. The summed E-state index contributed by atoms with van der Waals surface area (Å²) in [6.45, 7) is 3.48. The molecule has 0 saturated heterocycles. The lowest BCUT2D eigenvalue weighted by Crippen LogP contribution is -2.26. The molecule has 19 heavy (non-hydrogen) atoms. The van der Waals surface area contributed by atoms with Gasteiger partial charge in [0.2, 0.25) is 0 Å². The molecule has 6 nitrogen and oxygen atoms in total. The van der Waals surface area contributed by atoms with Crippen LogP contribution in [0.4, 0.5) is 0 Å². The number of carbonyl (C=O) groups excluding carboxylic acids is 1. The van der Waals surface area contributed by atoms with Crippen molar-refractivity contribution < 1.29 is 9.21 Å². The van der Waals surface area contributed by atoms with Crippen LogP contribution in [0.5, 0.6) is 0 Å². The second kappa shape index (κ2) is 5.71. The first-order valence-corrected chi connectivity index (χ1v) is 6.13. The van der Waals surface area contributed by atoms with Gasteiger partial charge in [-0.25, -0.2) is 4.98 Å². The molecule has 0 spiro atoms. The smallest absolute Gasteiger partial charge is 0.274 e. The zero-order valence-electron chi connectivity index (χ0n) is 11.2. The fourth-order valence-electron chi connectivity index (χ4n) is 1.81. The molecule has 6 heteroatoms. The molecule has 0 radical (unpaired) electrons. The van der Waals surface area contributed by atoms with Gasteiger partial charge in [0.15, 0.2) is 0 Å². The molecule has 0 aliphatic rings. The van der Waals surface area contributed by atoms with Gasteiger partial charge in [-0.1, -0.05) is 0 Å². The van der Waals surface area contributed by atoms with Gasteiger partial charge in [0.25, 0.3) is 5.91 Å². The highest BCUT2D eigenvalue weighted by atomic mass is 16.3. The average molecular weight is 262 g/mol. The summed E-state index contributed by atoms with van der Waals surface area (Å²) >= 11 is 0. The van der Waals surface area contributed by atoms with Crippen LogP contribution >= 0.6 is 0 Å². The van der Waals surface area contributed by atoms with E-state index in [1.165, 1.54) is 0 Å². The predicted octanol–water partition coefficient (Wildman–Crippen LogP) is 1.02. The minimum atomic E-state index is -0.134. The van der Waals surface area contributed by atoms with Crippen LogP contribution in [0.3, 0.4) is 0 Å². The van der Waals surface area contributed by atoms with Crippen LogP contribution in [-0.2, 0) is 13.1 Å². The van der Waals surface area contributed by atoms with Gasteiger partial charge in [0.1, 0.15) is 17.2 Å². The number of aromatic nitrogens is 2. The summed E-state index contributed by atoms with van der Waals surface area (Å²) in [7, 11) is 1.72. The van der Waals surface area contributed by atoms with Crippen LogP contribution < -0.4 is 5.73 Å². The van der Waals surface area contributed by atoms with Crippen LogP contribution in [0.1, 0.15) is 22.0 Å². The van der Waals surface area contributed by atoms with Crippen molar-refractivity contribution in [2.45, 2.75) is 20.0 Å². The van der Waals surface area contributed by atoms with Gasteiger partial charge in [-0.2, -0.15) is 0 Å². The second-order valence-corrected chi connectivity index (χ2v) is 4.46. The predicted molar refractivity (Wildman–Crippen MR) is 70.5 cm³/mol. The highest BCUT2D eigenvalue weighted by molar-refractivity contribution is 5.91. The molecule has 2 aromatic heterocycles. The Hall–Kier alpha value is -2.08. The molecule has 2 rings (SSSR count). The van der Waals surface area contributed by atoms with Gasteiger partial charge in [-0.05, 0) is 19.1 Å². The van der Waals surface area contributed by atoms with Crippen LogP contribution in [0.25, 0.3) is 0 Å². The lowest BCUT2D eigenvalue weighted by molar-refractivity contribution is 0.0769. The third kappa shape index (κ3) is 3.23. The summed E-state index contributed by atoms with van der Waals surface area (Å²) in [6.07, 6.45) is 3.32. The summed E-state index contributed by atoms with van der Waals surface area (Å²) in [5, 5.41) is 0. The fraction of sp³-hybridized carbons (Fsp3) is 0.385. The monoisotopic (exact) mass is 262 g/mol. The molecule has 2 N–H and O–H groups in total. The summed E-state index contributed by atoms with van der Waals surface area (Å²) in [4.78, 5) is 17.8. The molecule has 0 aliphatic heterocycles. The molecule has 0 bridgehead atoms. The third-order valence-electron chi connectivity index (χ3n) is 2.78. The number of nitrogens with two attached hydrogens (primary N) is 1. The van der Waals surface area contributed by atoms with Crippen molar-refractivity contribution in [1.29, 1.82) is 0 Å². The van der Waals surface area contributed by atoms with Crippen LogP contribution in [-0.4, -0.2) is 34.0 Å². The van der Waals surface area contributed by atoms with E-state index in [4.69, 9.17) is 10.2 Å². The van der Waals surface area contributed by atoms with Gasteiger partial charge in [0, 0.05) is 26.3 Å². The maximum Gasteiger partial charge on any atom is 0.274 e. The standard InChI is InChI=1S/C13H18N4O2/c1-10-3-4-11(19-10)7-16(2)13(18)12-8-17(6-5-14)9-15-12/h3-4,8-9H,5-7,14H2,1-2H3. The highest BCUT2D eigenvalue weighted by Crippen LogP contribution is 2.10. The zero-order valence-corrected chi connectivity index (χ0v) is 11.2. The number of aryl methyl sites for hydroxylation is 1. The third-order valence-corrected chi connectivity index (χ3v) is 2.78. The van der Waals surface area contributed by atoms with Gasteiger partial charge in [-0.15, -0.1) is 0 Å². The first-order chi connectivity index (χ1) is 9.10. The molecule has 2 aromatic rings. The Bertz CT molecular complexity index is 558. The molecule has 0 aliphatic carbocycles. The lowest BCUT2D eigenvalue weighted by atomic mass is 10.3. The quantitative estimate of drug-likeness (QED) is 0.872. The molecule has 0 fully saturated rings. The Balaban J connectivity index is 2.01. The van der Waals surface area contributed by atoms with Gasteiger partial charge >= 0.3 is 0 Å². The summed E-state index contributed by atoms with van der Waals surface area (Å²) in [6, 6.07) is 3.75. The number of rotatable bonds is 5. The van der Waals surface area contributed by atoms with E-state index in [0.717, 1.165) is 11.5 Å². The number of imidazole rings is 1. The Labute approximate surface area is 111 Å². The Morgan fingerprint density at radius 1 is 1.53 bits per heavy atom. The van der Waals surface area contributed by atoms with Crippen LogP contribution in [0.15, 0.2) is 29.1 Å². The van der Waals surface area contributed by atoms with Crippen molar-refractivity contribution in [2.24, 2.45) is 5.73 Å². The molecule has 0 saturated carbocycles. The first-order valence-electron chi connectivity index (χ1n) is 6.13. The Kier molecular flexibility index (Phi) is 4.01. The van der Waals surface area contributed by atoms with E-state index in [1.54, 1.807) is 29.0 Å². The van der Waals surface area contributed by atoms with E-state index in [9.17, 15) is 4.79 Å². The molecule has 1 amide bonds. The van der Waals surface area contributed by atoms with Gasteiger partial charge < -0.3 is 19.6 Å². The minimum Gasteiger partial charge on any atom is -0.464 e. The normalized spacial score (nSPS) is 10.7. The maximum absolute atomic E-state index is 12.2. The minimum absolute atomic E-state index is 0.134. The van der Waals surface area contributed by atoms with Crippen molar-refractivity contribution in [3.63, 3.8) is 0 Å². The summed E-state index contributed by atoms with van der Waals surface area (Å²) in [5.74, 6) is 1.46. The average Bonchev–Trinajstić information content (AvgIpc) is 2.98. The number of nitrogens with zero attached hydrogens (tertiary/aromatic N) is 3. The van der Waals surface area contributed by atoms with E-state index in [-0.39, 0.29) is 5.91 Å². The number of hydrogen-bond acceptors (Lipinski definition) is 4. The first kappa shape index (κ1) is 13.4. The van der Waals surface area contributed by atoms with E-state index in [1.807, 2.05) is 19.1 Å². The van der Waals surface area contributed by atoms with Gasteiger partial charge in [-0.3, -0.25) is 4.79 Å². The van der Waals surface area contributed by atoms with Crippen molar-refractivity contribution in [1.82, 2.24) is 14.5 Å². The SMILES string of the molecule is Cc1ccc(CN(C)C(=O)c2cn(CCN)cn2)o1.